The van der Waals surface area contributed by atoms with Gasteiger partial charge in [0.05, 0.1) is 12.8 Å². The highest BCUT2D eigenvalue weighted by Gasteiger charge is 2.23. The number of methoxy groups -OCH3 is 1. The molecule has 0 radical (unpaired) electrons. The molecule has 126 valence electrons. The van der Waals surface area contributed by atoms with Crippen molar-refractivity contribution in [3.8, 4) is 5.75 Å². The van der Waals surface area contributed by atoms with E-state index in [1.165, 1.54) is 0 Å². The number of nitrogens with two attached hydrogens (primary N) is 1. The van der Waals surface area contributed by atoms with Gasteiger partial charge in [-0.05, 0) is 42.8 Å². The Kier molecular flexibility index (Phi) is 4.60. The van der Waals surface area contributed by atoms with E-state index in [2.05, 4.69) is 11.0 Å². The third-order valence-corrected chi connectivity index (χ3v) is 4.51. The van der Waals surface area contributed by atoms with Crippen LogP contribution in [0.15, 0.2) is 42.5 Å². The second-order valence-corrected chi connectivity index (χ2v) is 6.02. The van der Waals surface area contributed by atoms with E-state index in [0.717, 1.165) is 30.1 Å². The summed E-state index contributed by atoms with van der Waals surface area (Å²) in [7, 11) is 1.68. The first-order valence-corrected chi connectivity index (χ1v) is 8.13. The van der Waals surface area contributed by atoms with Crippen LogP contribution in [0.3, 0.4) is 0 Å². The van der Waals surface area contributed by atoms with E-state index in [4.69, 9.17) is 10.5 Å². The molecule has 0 aromatic heterocycles. The lowest BCUT2D eigenvalue weighted by Gasteiger charge is -2.36. The monoisotopic (exact) mass is 325 g/mol. The van der Waals surface area contributed by atoms with Gasteiger partial charge in [0, 0.05) is 37.4 Å². The fourth-order valence-electron chi connectivity index (χ4n) is 3.03. The summed E-state index contributed by atoms with van der Waals surface area (Å²) in [5, 5.41) is 0. The van der Waals surface area contributed by atoms with Crippen LogP contribution in [0.1, 0.15) is 15.9 Å². The molecule has 1 heterocycles. The highest BCUT2D eigenvalue weighted by atomic mass is 16.5. The molecule has 1 aliphatic heterocycles. The number of para-hydroxylation sites is 2. The lowest BCUT2D eigenvalue weighted by atomic mass is 10.1. The van der Waals surface area contributed by atoms with Crippen LogP contribution in [0.4, 0.5) is 11.4 Å². The van der Waals surface area contributed by atoms with Gasteiger partial charge in [-0.1, -0.05) is 12.1 Å². The average molecular weight is 325 g/mol. The predicted octanol–water partition coefficient (Wildman–Crippen LogP) is 2.55. The molecule has 1 fully saturated rings. The van der Waals surface area contributed by atoms with Gasteiger partial charge in [-0.15, -0.1) is 0 Å². The van der Waals surface area contributed by atoms with Crippen LogP contribution in [0.2, 0.25) is 0 Å². The number of anilines is 2. The zero-order valence-corrected chi connectivity index (χ0v) is 14.2. The van der Waals surface area contributed by atoms with Gasteiger partial charge < -0.3 is 20.3 Å². The summed E-state index contributed by atoms with van der Waals surface area (Å²) in [6.45, 7) is 4.90. The van der Waals surface area contributed by atoms with E-state index in [9.17, 15) is 4.79 Å². The van der Waals surface area contributed by atoms with Crippen LogP contribution in [0, 0.1) is 6.92 Å². The number of rotatable bonds is 3. The van der Waals surface area contributed by atoms with Crippen LogP contribution in [0.25, 0.3) is 0 Å². The van der Waals surface area contributed by atoms with Crippen molar-refractivity contribution in [2.24, 2.45) is 0 Å². The summed E-state index contributed by atoms with van der Waals surface area (Å²) in [5.41, 5.74) is 9.27. The zero-order valence-electron chi connectivity index (χ0n) is 14.2. The maximum Gasteiger partial charge on any atom is 0.253 e. The number of aryl methyl sites for hydroxylation is 1. The Hall–Kier alpha value is -2.69. The number of ether oxygens (including phenoxy) is 1. The molecule has 0 spiro atoms. The van der Waals surface area contributed by atoms with Gasteiger partial charge in [0.1, 0.15) is 5.75 Å². The molecule has 0 atom stereocenters. The number of carbonyl (C=O) groups is 1. The van der Waals surface area contributed by atoms with Crippen molar-refractivity contribution in [2.75, 3.05) is 43.9 Å². The summed E-state index contributed by atoms with van der Waals surface area (Å²) < 4.78 is 5.43. The Labute approximate surface area is 142 Å². The van der Waals surface area contributed by atoms with Gasteiger partial charge in [-0.25, -0.2) is 0 Å². The van der Waals surface area contributed by atoms with Crippen molar-refractivity contribution < 1.29 is 9.53 Å². The average Bonchev–Trinajstić information content (AvgIpc) is 2.63. The summed E-state index contributed by atoms with van der Waals surface area (Å²) in [5.74, 6) is 0.934. The van der Waals surface area contributed by atoms with E-state index < -0.39 is 0 Å². The molecule has 1 aliphatic rings. The first kappa shape index (κ1) is 16.2. The smallest absolute Gasteiger partial charge is 0.253 e. The highest BCUT2D eigenvalue weighted by Crippen LogP contribution is 2.28. The molecule has 2 N–H and O–H groups in total. The van der Waals surface area contributed by atoms with Gasteiger partial charge in [0.2, 0.25) is 0 Å². The van der Waals surface area contributed by atoms with Gasteiger partial charge in [0.15, 0.2) is 0 Å². The number of piperazine rings is 1. The third-order valence-electron chi connectivity index (χ3n) is 4.51. The standard InChI is InChI=1S/C19H23N3O2/c1-14-13-15(7-8-16(14)20)19(23)22-11-9-21(10-12-22)17-5-3-4-6-18(17)24-2/h3-8,13H,9-12,20H2,1-2H3. The maximum absolute atomic E-state index is 12.7. The molecule has 0 aliphatic carbocycles. The van der Waals surface area contributed by atoms with E-state index >= 15 is 0 Å². The molecule has 0 saturated carbocycles. The quantitative estimate of drug-likeness (QED) is 0.881. The molecule has 2 aromatic rings. The second kappa shape index (κ2) is 6.83. The first-order chi connectivity index (χ1) is 11.6. The largest absolute Gasteiger partial charge is 0.495 e. The molecule has 0 unspecified atom stereocenters. The summed E-state index contributed by atoms with van der Waals surface area (Å²) in [6.07, 6.45) is 0. The Morgan fingerprint density at radius 3 is 2.46 bits per heavy atom. The SMILES string of the molecule is COc1ccccc1N1CCN(C(=O)c2ccc(N)c(C)c2)CC1. The van der Waals surface area contributed by atoms with Crippen molar-refractivity contribution in [1.82, 2.24) is 4.90 Å². The van der Waals surface area contributed by atoms with Crippen LogP contribution in [-0.2, 0) is 0 Å². The lowest BCUT2D eigenvalue weighted by molar-refractivity contribution is 0.0746. The number of hydrogen-bond acceptors (Lipinski definition) is 4. The van der Waals surface area contributed by atoms with Crippen LogP contribution in [-0.4, -0.2) is 44.1 Å². The van der Waals surface area contributed by atoms with Crippen molar-refractivity contribution in [3.05, 3.63) is 53.6 Å². The van der Waals surface area contributed by atoms with E-state index in [1.54, 1.807) is 19.2 Å². The molecule has 5 heteroatoms. The Morgan fingerprint density at radius 2 is 1.79 bits per heavy atom. The number of amides is 1. The molecule has 3 rings (SSSR count). The number of benzene rings is 2. The summed E-state index contributed by atoms with van der Waals surface area (Å²) in [4.78, 5) is 16.8. The van der Waals surface area contributed by atoms with Crippen molar-refractivity contribution in [3.63, 3.8) is 0 Å². The molecule has 1 amide bonds. The van der Waals surface area contributed by atoms with E-state index in [0.29, 0.717) is 24.3 Å². The Balaban J connectivity index is 1.68. The van der Waals surface area contributed by atoms with E-state index in [1.807, 2.05) is 36.1 Å². The lowest BCUT2D eigenvalue weighted by Crippen LogP contribution is -2.48. The Morgan fingerprint density at radius 1 is 1.08 bits per heavy atom. The normalized spacial score (nSPS) is 14.6. The van der Waals surface area contributed by atoms with Crippen LogP contribution in [0.5, 0.6) is 5.75 Å². The van der Waals surface area contributed by atoms with Gasteiger partial charge >= 0.3 is 0 Å². The molecule has 2 aromatic carbocycles. The van der Waals surface area contributed by atoms with Crippen LogP contribution < -0.4 is 15.4 Å². The second-order valence-electron chi connectivity index (χ2n) is 6.02. The number of nitrogen functional groups attached to an aromatic ring is 1. The molecular formula is C19H23N3O2. The number of nitrogens with zero attached hydrogens (tertiary/aromatic N) is 2. The first-order valence-electron chi connectivity index (χ1n) is 8.13. The highest BCUT2D eigenvalue weighted by molar-refractivity contribution is 5.95. The number of hydrogen-bond donors (Lipinski definition) is 1. The van der Waals surface area contributed by atoms with Crippen molar-refractivity contribution >= 4 is 17.3 Å². The zero-order chi connectivity index (χ0) is 17.1. The third kappa shape index (κ3) is 3.15. The van der Waals surface area contributed by atoms with Gasteiger partial charge in [-0.2, -0.15) is 0 Å². The molecular weight excluding hydrogens is 302 g/mol. The molecule has 1 saturated heterocycles. The number of carbonyl (C=O) groups excluding carboxylic acids is 1. The van der Waals surface area contributed by atoms with E-state index in [-0.39, 0.29) is 5.91 Å². The minimum atomic E-state index is 0.0674. The molecule has 0 bridgehead atoms. The minimum absolute atomic E-state index is 0.0674. The topological polar surface area (TPSA) is 58.8 Å². The summed E-state index contributed by atoms with van der Waals surface area (Å²) >= 11 is 0. The van der Waals surface area contributed by atoms with Crippen LogP contribution >= 0.6 is 0 Å². The summed E-state index contributed by atoms with van der Waals surface area (Å²) in [6, 6.07) is 13.5. The van der Waals surface area contributed by atoms with Gasteiger partial charge in [-0.3, -0.25) is 4.79 Å². The minimum Gasteiger partial charge on any atom is -0.495 e. The molecule has 24 heavy (non-hydrogen) atoms. The van der Waals surface area contributed by atoms with Crippen molar-refractivity contribution in [2.45, 2.75) is 6.92 Å². The fourth-order valence-corrected chi connectivity index (χ4v) is 3.03. The molecule has 5 nitrogen and oxygen atoms in total. The Bertz CT molecular complexity index is 737. The van der Waals surface area contributed by atoms with Crippen molar-refractivity contribution in [1.29, 1.82) is 0 Å². The fraction of sp³-hybridized carbons (Fsp3) is 0.316. The van der Waals surface area contributed by atoms with Gasteiger partial charge in [0.25, 0.3) is 5.91 Å². The predicted molar refractivity (Wildman–Crippen MR) is 96.7 cm³/mol. The maximum atomic E-state index is 12.7.